The van der Waals surface area contributed by atoms with Gasteiger partial charge in [0.15, 0.2) is 0 Å². The summed E-state index contributed by atoms with van der Waals surface area (Å²) >= 11 is 0. The molecule has 0 spiro atoms. The summed E-state index contributed by atoms with van der Waals surface area (Å²) < 4.78 is 0. The Morgan fingerprint density at radius 1 is 1.00 bits per heavy atom. The zero-order valence-corrected chi connectivity index (χ0v) is 17.3. The quantitative estimate of drug-likeness (QED) is 0.658. The number of para-hydroxylation sites is 1. The van der Waals surface area contributed by atoms with Crippen molar-refractivity contribution in [2.24, 2.45) is 11.8 Å². The Kier molecular flexibility index (Phi) is 4.54. The molecule has 0 radical (unpaired) electrons. The number of nitrogens with zero attached hydrogens (tertiary/aromatic N) is 3. The summed E-state index contributed by atoms with van der Waals surface area (Å²) in [5, 5.41) is 0.970. The van der Waals surface area contributed by atoms with Gasteiger partial charge in [-0.2, -0.15) is 0 Å². The molecular weight excluding hydrogens is 374 g/mol. The molecule has 3 aromatic rings. The molecule has 2 aromatic carbocycles. The first-order valence-corrected chi connectivity index (χ1v) is 10.5. The summed E-state index contributed by atoms with van der Waals surface area (Å²) in [6.07, 6.45) is 1.69. The van der Waals surface area contributed by atoms with Crippen molar-refractivity contribution >= 4 is 22.7 Å². The van der Waals surface area contributed by atoms with E-state index >= 15 is 0 Å². The summed E-state index contributed by atoms with van der Waals surface area (Å²) in [5.74, 6) is 0.693. The minimum Gasteiger partial charge on any atom is -0.342 e. The standard InChI is InChI=1S/C25H25N3O2/c1-16-7-3-5-9-21(16)24-22-15-27(17(2)29)13-20(22)14-28(24)25(30)19-11-18-8-4-6-10-23(18)26-12-19/h3-12,20,22,24H,13-15H2,1-2H3/t20-,22-,24+/m0/s1. The highest BCUT2D eigenvalue weighted by Crippen LogP contribution is 2.46. The molecule has 152 valence electrons. The fourth-order valence-electron chi connectivity index (χ4n) is 5.18. The third-order valence-electron chi connectivity index (χ3n) is 6.71. The van der Waals surface area contributed by atoms with Crippen LogP contribution < -0.4 is 0 Å². The van der Waals surface area contributed by atoms with Crippen LogP contribution in [0.2, 0.25) is 0 Å². The highest BCUT2D eigenvalue weighted by molar-refractivity contribution is 5.97. The lowest BCUT2D eigenvalue weighted by molar-refractivity contribution is -0.128. The number of rotatable bonds is 2. The Morgan fingerprint density at radius 2 is 1.77 bits per heavy atom. The van der Waals surface area contributed by atoms with E-state index in [4.69, 9.17) is 0 Å². The van der Waals surface area contributed by atoms with Gasteiger partial charge in [0.1, 0.15) is 0 Å². The van der Waals surface area contributed by atoms with Crippen LogP contribution in [0, 0.1) is 18.8 Å². The largest absolute Gasteiger partial charge is 0.342 e. The van der Waals surface area contributed by atoms with E-state index < -0.39 is 0 Å². The third kappa shape index (κ3) is 3.05. The van der Waals surface area contributed by atoms with Crippen LogP contribution in [0.25, 0.3) is 10.9 Å². The van der Waals surface area contributed by atoms with Gasteiger partial charge in [-0.1, -0.05) is 42.5 Å². The summed E-state index contributed by atoms with van der Waals surface area (Å²) in [5.41, 5.74) is 3.87. The summed E-state index contributed by atoms with van der Waals surface area (Å²) in [7, 11) is 0. The number of carbonyl (C=O) groups excluding carboxylic acids is 2. The van der Waals surface area contributed by atoms with Crippen LogP contribution in [0.15, 0.2) is 60.8 Å². The molecule has 0 saturated carbocycles. The average molecular weight is 399 g/mol. The molecule has 2 fully saturated rings. The predicted molar refractivity (Wildman–Crippen MR) is 116 cm³/mol. The molecule has 3 atom stereocenters. The van der Waals surface area contributed by atoms with E-state index in [-0.39, 0.29) is 23.8 Å². The fourth-order valence-corrected chi connectivity index (χ4v) is 5.18. The fraction of sp³-hybridized carbons (Fsp3) is 0.320. The number of aryl methyl sites for hydroxylation is 1. The Labute approximate surface area is 176 Å². The van der Waals surface area contributed by atoms with Gasteiger partial charge < -0.3 is 9.80 Å². The number of likely N-dealkylation sites (tertiary alicyclic amines) is 2. The Hall–Kier alpha value is -3.21. The average Bonchev–Trinajstić information content (AvgIpc) is 3.32. The van der Waals surface area contributed by atoms with Crippen LogP contribution in [-0.2, 0) is 4.79 Å². The van der Waals surface area contributed by atoms with Crippen molar-refractivity contribution in [3.63, 3.8) is 0 Å². The molecule has 5 heteroatoms. The Balaban J connectivity index is 1.53. The molecular formula is C25H25N3O2. The second kappa shape index (κ2) is 7.24. The monoisotopic (exact) mass is 399 g/mol. The zero-order chi connectivity index (χ0) is 20.8. The Bertz CT molecular complexity index is 1140. The highest BCUT2D eigenvalue weighted by atomic mass is 16.2. The third-order valence-corrected chi connectivity index (χ3v) is 6.71. The molecule has 2 amide bonds. The number of aromatic nitrogens is 1. The second-order valence-electron chi connectivity index (χ2n) is 8.52. The zero-order valence-electron chi connectivity index (χ0n) is 17.3. The lowest BCUT2D eigenvalue weighted by atomic mass is 9.87. The maximum absolute atomic E-state index is 13.6. The lowest BCUT2D eigenvalue weighted by Crippen LogP contribution is -2.37. The molecule has 3 heterocycles. The van der Waals surface area contributed by atoms with Crippen molar-refractivity contribution in [1.29, 1.82) is 0 Å². The minimum atomic E-state index is -0.0282. The smallest absolute Gasteiger partial charge is 0.255 e. The van der Waals surface area contributed by atoms with Crippen LogP contribution in [0.3, 0.4) is 0 Å². The van der Waals surface area contributed by atoms with Gasteiger partial charge in [0.2, 0.25) is 5.91 Å². The molecule has 2 saturated heterocycles. The van der Waals surface area contributed by atoms with E-state index in [0.29, 0.717) is 24.6 Å². The first-order chi connectivity index (χ1) is 14.5. The summed E-state index contributed by atoms with van der Waals surface area (Å²) in [4.78, 5) is 34.1. The van der Waals surface area contributed by atoms with Gasteiger partial charge in [0.05, 0.1) is 17.1 Å². The summed E-state index contributed by atoms with van der Waals surface area (Å²) in [6, 6.07) is 18.1. The van der Waals surface area contributed by atoms with Gasteiger partial charge in [0, 0.05) is 50.0 Å². The van der Waals surface area contributed by atoms with Crippen molar-refractivity contribution in [1.82, 2.24) is 14.8 Å². The number of carbonyl (C=O) groups is 2. The van der Waals surface area contributed by atoms with Gasteiger partial charge in [-0.3, -0.25) is 14.6 Å². The van der Waals surface area contributed by atoms with Gasteiger partial charge >= 0.3 is 0 Å². The Morgan fingerprint density at radius 3 is 2.57 bits per heavy atom. The van der Waals surface area contributed by atoms with Crippen molar-refractivity contribution in [3.05, 3.63) is 77.5 Å². The molecule has 0 N–H and O–H groups in total. The van der Waals surface area contributed by atoms with Crippen LogP contribution in [0.5, 0.6) is 0 Å². The number of amides is 2. The first-order valence-electron chi connectivity index (χ1n) is 10.5. The highest BCUT2D eigenvalue weighted by Gasteiger charge is 2.50. The molecule has 0 unspecified atom stereocenters. The van der Waals surface area contributed by atoms with Crippen molar-refractivity contribution in [3.8, 4) is 0 Å². The van der Waals surface area contributed by atoms with E-state index in [1.165, 1.54) is 11.1 Å². The van der Waals surface area contributed by atoms with Crippen molar-refractivity contribution < 1.29 is 9.59 Å². The molecule has 1 aromatic heterocycles. The van der Waals surface area contributed by atoms with Crippen LogP contribution in [0.1, 0.15) is 34.5 Å². The van der Waals surface area contributed by atoms with Crippen molar-refractivity contribution in [2.75, 3.05) is 19.6 Å². The topological polar surface area (TPSA) is 53.5 Å². The van der Waals surface area contributed by atoms with E-state index in [0.717, 1.165) is 17.4 Å². The number of hydrogen-bond donors (Lipinski definition) is 0. The SMILES string of the molecule is CC(=O)N1C[C@H]2CN(C(=O)c3cnc4ccccc4c3)[C@H](c3ccccc3C)[C@H]2C1. The number of pyridine rings is 1. The molecule has 0 aliphatic carbocycles. The van der Waals surface area contributed by atoms with Gasteiger partial charge in [-0.25, -0.2) is 0 Å². The van der Waals surface area contributed by atoms with Gasteiger partial charge in [-0.05, 0) is 30.2 Å². The lowest BCUT2D eigenvalue weighted by Gasteiger charge is -2.31. The van der Waals surface area contributed by atoms with E-state index in [1.807, 2.05) is 52.3 Å². The first kappa shape index (κ1) is 18.8. The molecule has 30 heavy (non-hydrogen) atoms. The molecule has 5 nitrogen and oxygen atoms in total. The number of benzene rings is 2. The van der Waals surface area contributed by atoms with E-state index in [1.54, 1.807) is 13.1 Å². The van der Waals surface area contributed by atoms with Crippen LogP contribution >= 0.6 is 0 Å². The molecule has 2 aliphatic rings. The second-order valence-corrected chi connectivity index (χ2v) is 8.52. The molecule has 0 bridgehead atoms. The van der Waals surface area contributed by atoms with Gasteiger partial charge in [0.25, 0.3) is 5.91 Å². The van der Waals surface area contributed by atoms with Crippen LogP contribution in [0.4, 0.5) is 0 Å². The minimum absolute atomic E-state index is 0.0188. The number of hydrogen-bond acceptors (Lipinski definition) is 3. The van der Waals surface area contributed by atoms with Crippen molar-refractivity contribution in [2.45, 2.75) is 19.9 Å². The van der Waals surface area contributed by atoms with E-state index in [9.17, 15) is 9.59 Å². The maximum Gasteiger partial charge on any atom is 0.255 e. The molecule has 2 aliphatic heterocycles. The number of fused-ring (bicyclic) bond motifs is 2. The van der Waals surface area contributed by atoms with Crippen LogP contribution in [-0.4, -0.2) is 46.2 Å². The maximum atomic E-state index is 13.6. The van der Waals surface area contributed by atoms with E-state index in [2.05, 4.69) is 24.0 Å². The summed E-state index contributed by atoms with van der Waals surface area (Å²) in [6.45, 7) is 5.83. The van der Waals surface area contributed by atoms with Gasteiger partial charge in [-0.15, -0.1) is 0 Å². The normalized spacial score (nSPS) is 23.1. The predicted octanol–water partition coefficient (Wildman–Crippen LogP) is 3.83. The molecule has 5 rings (SSSR count).